The fraction of sp³-hybridized carbons (Fsp3) is 0.407. The number of rotatable bonds is 7. The summed E-state index contributed by atoms with van der Waals surface area (Å²) in [7, 11) is 0. The van der Waals surface area contributed by atoms with E-state index in [0.717, 1.165) is 41.7 Å². The summed E-state index contributed by atoms with van der Waals surface area (Å²) in [5.74, 6) is -0.693. The molecule has 2 aromatic carbocycles. The smallest absolute Gasteiger partial charge is 0.295 e. The number of aryl methyl sites for hydroxylation is 2. The van der Waals surface area contributed by atoms with E-state index in [1.54, 1.807) is 23.1 Å². The van der Waals surface area contributed by atoms with Gasteiger partial charge in [-0.1, -0.05) is 36.8 Å². The molecule has 4 rings (SSSR count). The minimum Gasteiger partial charge on any atom is -0.507 e. The minimum absolute atomic E-state index is 0.104. The maximum absolute atomic E-state index is 13.2. The Balaban J connectivity index is 1.78. The summed E-state index contributed by atoms with van der Waals surface area (Å²) in [6.07, 6.45) is 2.58. The van der Waals surface area contributed by atoms with Gasteiger partial charge in [-0.05, 0) is 62.4 Å². The molecule has 0 radical (unpaired) electrons. The van der Waals surface area contributed by atoms with Crippen molar-refractivity contribution in [1.29, 1.82) is 0 Å². The van der Waals surface area contributed by atoms with Crippen LogP contribution in [0.3, 0.4) is 0 Å². The van der Waals surface area contributed by atoms with Crippen molar-refractivity contribution in [2.24, 2.45) is 0 Å². The zero-order chi connectivity index (χ0) is 23.5. The molecule has 6 heteroatoms. The second-order valence-corrected chi connectivity index (χ2v) is 8.83. The number of Topliss-reactive ketones (excluding diaryl/α,β-unsaturated/α-hetero) is 1. The number of ether oxygens (including phenoxy) is 2. The van der Waals surface area contributed by atoms with Crippen molar-refractivity contribution in [1.82, 2.24) is 4.90 Å². The number of benzene rings is 2. The molecule has 0 spiro atoms. The molecule has 1 N–H and O–H groups in total. The zero-order valence-electron chi connectivity index (χ0n) is 19.5. The van der Waals surface area contributed by atoms with Gasteiger partial charge in [0.2, 0.25) is 0 Å². The van der Waals surface area contributed by atoms with E-state index < -0.39 is 17.7 Å². The monoisotopic (exact) mass is 449 g/mol. The first kappa shape index (κ1) is 23.1. The van der Waals surface area contributed by atoms with Crippen molar-refractivity contribution in [2.45, 2.75) is 52.2 Å². The number of aliphatic hydroxyl groups excluding tert-OH is 1. The Kier molecular flexibility index (Phi) is 6.84. The number of nitrogens with zero attached hydrogens (tertiary/aromatic N) is 1. The second kappa shape index (κ2) is 9.79. The van der Waals surface area contributed by atoms with Crippen molar-refractivity contribution in [2.75, 3.05) is 19.8 Å². The molecule has 2 aliphatic heterocycles. The SMILES string of the molecule is CCCOc1ccc(/C(O)=C2/C(=O)C(=O)N(CC3CCCO3)C2c2cccc(C)c2)cc1C. The molecule has 33 heavy (non-hydrogen) atoms. The first-order chi connectivity index (χ1) is 15.9. The molecule has 0 bridgehead atoms. The van der Waals surface area contributed by atoms with Gasteiger partial charge in [-0.2, -0.15) is 0 Å². The molecule has 2 aliphatic rings. The van der Waals surface area contributed by atoms with Crippen LogP contribution < -0.4 is 4.74 Å². The first-order valence-corrected chi connectivity index (χ1v) is 11.6. The van der Waals surface area contributed by atoms with Crippen molar-refractivity contribution in [3.05, 3.63) is 70.3 Å². The highest BCUT2D eigenvalue weighted by Gasteiger charge is 2.47. The van der Waals surface area contributed by atoms with Crippen LogP contribution >= 0.6 is 0 Å². The summed E-state index contributed by atoms with van der Waals surface area (Å²) < 4.78 is 11.5. The van der Waals surface area contributed by atoms with E-state index in [1.165, 1.54) is 0 Å². The van der Waals surface area contributed by atoms with Crippen LogP contribution in [0.25, 0.3) is 5.76 Å². The van der Waals surface area contributed by atoms with Gasteiger partial charge in [-0.25, -0.2) is 0 Å². The highest BCUT2D eigenvalue weighted by atomic mass is 16.5. The summed E-state index contributed by atoms with van der Waals surface area (Å²) in [6.45, 7) is 7.49. The van der Waals surface area contributed by atoms with Crippen LogP contribution in [-0.4, -0.2) is 47.6 Å². The van der Waals surface area contributed by atoms with Gasteiger partial charge in [-0.3, -0.25) is 9.59 Å². The van der Waals surface area contributed by atoms with Gasteiger partial charge < -0.3 is 19.5 Å². The number of carbonyl (C=O) groups is 2. The Labute approximate surface area is 194 Å². The van der Waals surface area contributed by atoms with Crippen LogP contribution in [0.2, 0.25) is 0 Å². The molecule has 0 aromatic heterocycles. The Hall–Kier alpha value is -3.12. The third kappa shape index (κ3) is 4.67. The number of amides is 1. The molecule has 1 amide bonds. The van der Waals surface area contributed by atoms with Gasteiger partial charge in [0.05, 0.1) is 24.3 Å². The summed E-state index contributed by atoms with van der Waals surface area (Å²) >= 11 is 0. The highest BCUT2D eigenvalue weighted by molar-refractivity contribution is 6.46. The molecule has 2 fully saturated rings. The lowest BCUT2D eigenvalue weighted by Crippen LogP contribution is -2.36. The average molecular weight is 450 g/mol. The van der Waals surface area contributed by atoms with E-state index in [4.69, 9.17) is 9.47 Å². The van der Waals surface area contributed by atoms with Gasteiger partial charge in [0, 0.05) is 18.7 Å². The van der Waals surface area contributed by atoms with E-state index in [9.17, 15) is 14.7 Å². The van der Waals surface area contributed by atoms with Crippen LogP contribution in [-0.2, 0) is 14.3 Å². The predicted molar refractivity (Wildman–Crippen MR) is 126 cm³/mol. The van der Waals surface area contributed by atoms with Gasteiger partial charge >= 0.3 is 0 Å². The van der Waals surface area contributed by atoms with Crippen molar-refractivity contribution < 1.29 is 24.2 Å². The van der Waals surface area contributed by atoms with Crippen LogP contribution in [0.1, 0.15) is 54.5 Å². The van der Waals surface area contributed by atoms with E-state index in [0.29, 0.717) is 25.3 Å². The van der Waals surface area contributed by atoms with Crippen LogP contribution in [0.4, 0.5) is 0 Å². The van der Waals surface area contributed by atoms with Gasteiger partial charge in [0.15, 0.2) is 0 Å². The van der Waals surface area contributed by atoms with Gasteiger partial charge in [0.1, 0.15) is 11.5 Å². The van der Waals surface area contributed by atoms with E-state index >= 15 is 0 Å². The Morgan fingerprint density at radius 2 is 2.00 bits per heavy atom. The number of carbonyl (C=O) groups excluding carboxylic acids is 2. The molecule has 2 aromatic rings. The summed E-state index contributed by atoms with van der Waals surface area (Å²) in [5, 5.41) is 11.3. The minimum atomic E-state index is -0.666. The quantitative estimate of drug-likeness (QED) is 0.377. The maximum Gasteiger partial charge on any atom is 0.295 e. The average Bonchev–Trinajstić information content (AvgIpc) is 3.40. The molecule has 2 heterocycles. The molecule has 2 unspecified atom stereocenters. The highest BCUT2D eigenvalue weighted by Crippen LogP contribution is 2.40. The maximum atomic E-state index is 13.2. The normalized spacial score (nSPS) is 22.2. The fourth-order valence-corrected chi connectivity index (χ4v) is 4.59. The lowest BCUT2D eigenvalue weighted by molar-refractivity contribution is -0.140. The number of aliphatic hydroxyl groups is 1. The molecular weight excluding hydrogens is 418 g/mol. The molecule has 2 saturated heterocycles. The molecular formula is C27H31NO5. The molecule has 2 atom stereocenters. The van der Waals surface area contributed by atoms with Crippen LogP contribution in [0.15, 0.2) is 48.0 Å². The number of hydrogen-bond acceptors (Lipinski definition) is 5. The third-order valence-electron chi connectivity index (χ3n) is 6.23. The van der Waals surface area contributed by atoms with E-state index in [2.05, 4.69) is 0 Å². The molecule has 174 valence electrons. The van der Waals surface area contributed by atoms with Gasteiger partial charge in [-0.15, -0.1) is 0 Å². The number of hydrogen-bond donors (Lipinski definition) is 1. The van der Waals surface area contributed by atoms with Crippen LogP contribution in [0.5, 0.6) is 5.75 Å². The van der Waals surface area contributed by atoms with Crippen molar-refractivity contribution >= 4 is 17.4 Å². The zero-order valence-corrected chi connectivity index (χ0v) is 19.5. The number of likely N-dealkylation sites (tertiary alicyclic amines) is 1. The summed E-state index contributed by atoms with van der Waals surface area (Å²) in [5.41, 5.74) is 3.28. The van der Waals surface area contributed by atoms with Crippen molar-refractivity contribution in [3.63, 3.8) is 0 Å². The Bertz CT molecular complexity index is 1080. The van der Waals surface area contributed by atoms with Crippen molar-refractivity contribution in [3.8, 4) is 5.75 Å². The fourth-order valence-electron chi connectivity index (χ4n) is 4.59. The topological polar surface area (TPSA) is 76.1 Å². The predicted octanol–water partition coefficient (Wildman–Crippen LogP) is 4.69. The third-order valence-corrected chi connectivity index (χ3v) is 6.23. The lowest BCUT2D eigenvalue weighted by Gasteiger charge is -2.27. The standard InChI is InChI=1S/C27H31NO5/c1-4-12-33-22-11-10-20(15-18(22)3)25(29)23-24(19-8-5-7-17(2)14-19)28(27(31)26(23)30)16-21-9-6-13-32-21/h5,7-8,10-11,14-15,21,24,29H,4,6,9,12-13,16H2,1-3H3/b25-23-. The van der Waals surface area contributed by atoms with E-state index in [-0.39, 0.29) is 17.4 Å². The lowest BCUT2D eigenvalue weighted by atomic mass is 9.94. The van der Waals surface area contributed by atoms with E-state index in [1.807, 2.05) is 45.0 Å². The number of ketones is 1. The second-order valence-electron chi connectivity index (χ2n) is 8.83. The molecule has 0 aliphatic carbocycles. The van der Waals surface area contributed by atoms with Crippen LogP contribution in [0, 0.1) is 13.8 Å². The summed E-state index contributed by atoms with van der Waals surface area (Å²) in [6, 6.07) is 12.4. The molecule has 6 nitrogen and oxygen atoms in total. The largest absolute Gasteiger partial charge is 0.507 e. The Morgan fingerprint density at radius 3 is 2.67 bits per heavy atom. The molecule has 0 saturated carbocycles. The summed E-state index contributed by atoms with van der Waals surface area (Å²) in [4.78, 5) is 27.9. The first-order valence-electron chi connectivity index (χ1n) is 11.6. The Morgan fingerprint density at radius 1 is 1.18 bits per heavy atom. The van der Waals surface area contributed by atoms with Gasteiger partial charge in [0.25, 0.3) is 11.7 Å².